The molecule has 0 fully saturated rings. The zero-order valence-electron chi connectivity index (χ0n) is 20.9. The Morgan fingerprint density at radius 2 is 1.47 bits per heavy atom. The van der Waals surface area contributed by atoms with Crippen molar-refractivity contribution in [2.75, 3.05) is 11.4 Å². The molecule has 0 saturated heterocycles. The van der Waals surface area contributed by atoms with Crippen LogP contribution in [0, 0.1) is 19.7 Å². The standard InChI is InChI=1S/C29H23F7N2/c1-15-8-9-20-23(10-15)38(14-27(20,3)4)26-16(2)25(37-22-7-5-6-21(30)24(22)26)17-11-18(28(31,32)33)13-19(12-17)29(34,35)36/h5-13H,14H2,1-4H3. The molecule has 3 aromatic carbocycles. The Bertz CT molecular complexity index is 1550. The molecule has 198 valence electrons. The van der Waals surface area contributed by atoms with E-state index in [9.17, 15) is 26.3 Å². The minimum atomic E-state index is -5.01. The predicted molar refractivity (Wildman–Crippen MR) is 133 cm³/mol. The van der Waals surface area contributed by atoms with E-state index in [1.807, 2.05) is 43.9 Å². The summed E-state index contributed by atoms with van der Waals surface area (Å²) in [5.74, 6) is -0.585. The summed E-state index contributed by atoms with van der Waals surface area (Å²) < 4.78 is 97.1. The van der Waals surface area contributed by atoms with Crippen molar-refractivity contribution in [2.24, 2.45) is 0 Å². The molecule has 0 spiro atoms. The predicted octanol–water partition coefficient (Wildman–Crippen LogP) is 9.12. The van der Waals surface area contributed by atoms with Crippen molar-refractivity contribution in [3.63, 3.8) is 0 Å². The molecule has 0 N–H and O–H groups in total. The van der Waals surface area contributed by atoms with Crippen molar-refractivity contribution in [3.8, 4) is 11.3 Å². The van der Waals surface area contributed by atoms with Gasteiger partial charge in [0.25, 0.3) is 0 Å². The lowest BCUT2D eigenvalue weighted by molar-refractivity contribution is -0.143. The summed E-state index contributed by atoms with van der Waals surface area (Å²) in [6, 6.07) is 11.5. The SMILES string of the molecule is Cc1ccc2c(c1)N(c1c(C)c(-c3cc(C(F)(F)F)cc(C(F)(F)F)c3)nc3cccc(F)c13)CC2(C)C. The second-order valence-corrected chi connectivity index (χ2v) is 10.4. The Balaban J connectivity index is 1.85. The van der Waals surface area contributed by atoms with Gasteiger partial charge in [-0.25, -0.2) is 9.37 Å². The molecule has 4 aromatic rings. The van der Waals surface area contributed by atoms with Crippen LogP contribution in [0.5, 0.6) is 0 Å². The van der Waals surface area contributed by atoms with Gasteiger partial charge < -0.3 is 4.90 Å². The number of aromatic nitrogens is 1. The second kappa shape index (κ2) is 8.44. The van der Waals surface area contributed by atoms with Crippen LogP contribution >= 0.6 is 0 Å². The van der Waals surface area contributed by atoms with Gasteiger partial charge in [0.2, 0.25) is 0 Å². The van der Waals surface area contributed by atoms with Crippen LogP contribution in [-0.4, -0.2) is 11.5 Å². The molecule has 5 rings (SSSR count). The van der Waals surface area contributed by atoms with E-state index in [1.165, 1.54) is 18.2 Å². The number of benzene rings is 3. The van der Waals surface area contributed by atoms with Gasteiger partial charge in [-0.1, -0.05) is 32.0 Å². The van der Waals surface area contributed by atoms with Crippen LogP contribution in [0.2, 0.25) is 0 Å². The molecule has 0 unspecified atom stereocenters. The van der Waals surface area contributed by atoms with Gasteiger partial charge in [0.1, 0.15) is 5.82 Å². The fourth-order valence-electron chi connectivity index (χ4n) is 5.26. The molecule has 1 aromatic heterocycles. The van der Waals surface area contributed by atoms with E-state index >= 15 is 4.39 Å². The average Bonchev–Trinajstić information content (AvgIpc) is 3.07. The van der Waals surface area contributed by atoms with Crippen LogP contribution in [0.3, 0.4) is 0 Å². The van der Waals surface area contributed by atoms with E-state index < -0.39 is 29.3 Å². The van der Waals surface area contributed by atoms with Crippen LogP contribution in [-0.2, 0) is 17.8 Å². The van der Waals surface area contributed by atoms with Gasteiger partial charge in [0.15, 0.2) is 0 Å². The molecule has 0 bridgehead atoms. The van der Waals surface area contributed by atoms with E-state index in [4.69, 9.17) is 0 Å². The molecular weight excluding hydrogens is 509 g/mol. The minimum Gasteiger partial charge on any atom is -0.339 e. The maximum Gasteiger partial charge on any atom is 0.416 e. The summed E-state index contributed by atoms with van der Waals surface area (Å²) in [6.07, 6.45) is -10.0. The number of pyridine rings is 1. The quantitative estimate of drug-likeness (QED) is 0.239. The van der Waals surface area contributed by atoms with E-state index in [2.05, 4.69) is 4.98 Å². The van der Waals surface area contributed by atoms with E-state index in [1.54, 1.807) is 6.92 Å². The van der Waals surface area contributed by atoms with Crippen molar-refractivity contribution in [3.05, 3.63) is 88.2 Å². The lowest BCUT2D eigenvalue weighted by atomic mass is 9.87. The molecule has 0 amide bonds. The van der Waals surface area contributed by atoms with Crippen molar-refractivity contribution in [2.45, 2.75) is 45.5 Å². The number of rotatable bonds is 2. The molecule has 1 aliphatic rings. The third-order valence-corrected chi connectivity index (χ3v) is 7.03. The fourth-order valence-corrected chi connectivity index (χ4v) is 5.26. The number of hydrogen-bond donors (Lipinski definition) is 0. The van der Waals surface area contributed by atoms with Gasteiger partial charge in [0.05, 0.1) is 33.4 Å². The Labute approximate surface area is 214 Å². The molecule has 2 nitrogen and oxygen atoms in total. The lowest BCUT2D eigenvalue weighted by Gasteiger charge is -2.27. The van der Waals surface area contributed by atoms with Gasteiger partial charge in [-0.15, -0.1) is 0 Å². The molecule has 0 saturated carbocycles. The normalized spacial score (nSPS) is 15.3. The molecule has 9 heteroatoms. The topological polar surface area (TPSA) is 16.1 Å². The summed E-state index contributed by atoms with van der Waals surface area (Å²) in [5, 5.41) is 0.155. The Morgan fingerprint density at radius 3 is 2.08 bits per heavy atom. The molecule has 0 aliphatic carbocycles. The monoisotopic (exact) mass is 532 g/mol. The van der Waals surface area contributed by atoms with Crippen LogP contribution < -0.4 is 4.90 Å². The number of nitrogens with zero attached hydrogens (tertiary/aromatic N) is 2. The van der Waals surface area contributed by atoms with Crippen LogP contribution in [0.4, 0.5) is 42.1 Å². The molecular formula is C29H23F7N2. The second-order valence-electron chi connectivity index (χ2n) is 10.4. The average molecular weight is 533 g/mol. The highest BCUT2D eigenvalue weighted by atomic mass is 19.4. The van der Waals surface area contributed by atoms with Crippen molar-refractivity contribution >= 4 is 22.3 Å². The molecule has 2 heterocycles. The van der Waals surface area contributed by atoms with Crippen molar-refractivity contribution < 1.29 is 30.7 Å². The van der Waals surface area contributed by atoms with Crippen LogP contribution in [0.25, 0.3) is 22.2 Å². The maximum absolute atomic E-state index is 15.3. The van der Waals surface area contributed by atoms with Crippen molar-refractivity contribution in [1.29, 1.82) is 0 Å². The summed E-state index contributed by atoms with van der Waals surface area (Å²) in [4.78, 5) is 6.29. The smallest absolute Gasteiger partial charge is 0.339 e. The molecule has 0 atom stereocenters. The van der Waals surface area contributed by atoms with Crippen molar-refractivity contribution in [1.82, 2.24) is 4.98 Å². The van der Waals surface area contributed by atoms with E-state index in [0.29, 0.717) is 24.4 Å². The molecule has 38 heavy (non-hydrogen) atoms. The number of fused-ring (bicyclic) bond motifs is 2. The number of alkyl halides is 6. The summed E-state index contributed by atoms with van der Waals surface area (Å²) >= 11 is 0. The third kappa shape index (κ3) is 4.27. The maximum atomic E-state index is 15.3. The first-order valence-corrected chi connectivity index (χ1v) is 11.9. The number of hydrogen-bond acceptors (Lipinski definition) is 2. The third-order valence-electron chi connectivity index (χ3n) is 7.03. The summed E-state index contributed by atoms with van der Waals surface area (Å²) in [6.45, 7) is 7.95. The highest BCUT2D eigenvalue weighted by Crippen LogP contribution is 2.49. The zero-order chi connectivity index (χ0) is 27.8. The molecule has 1 aliphatic heterocycles. The van der Waals surface area contributed by atoms with E-state index in [-0.39, 0.29) is 39.2 Å². The lowest BCUT2D eigenvalue weighted by Crippen LogP contribution is -2.26. The van der Waals surface area contributed by atoms with Gasteiger partial charge in [0, 0.05) is 23.2 Å². The number of halogens is 7. The number of anilines is 2. The highest BCUT2D eigenvalue weighted by molar-refractivity contribution is 6.00. The Kier molecular flexibility index (Phi) is 5.78. The van der Waals surface area contributed by atoms with Crippen LogP contribution in [0.1, 0.15) is 41.7 Å². The van der Waals surface area contributed by atoms with Gasteiger partial charge in [-0.05, 0) is 66.9 Å². The number of aryl methyl sites for hydroxylation is 1. The highest BCUT2D eigenvalue weighted by Gasteiger charge is 2.39. The first kappa shape index (κ1) is 26.0. The fraction of sp³-hybridized carbons (Fsp3) is 0.276. The van der Waals surface area contributed by atoms with Gasteiger partial charge in [-0.2, -0.15) is 26.3 Å². The Hall–Kier alpha value is -3.62. The van der Waals surface area contributed by atoms with Gasteiger partial charge >= 0.3 is 12.4 Å². The van der Waals surface area contributed by atoms with Crippen LogP contribution in [0.15, 0.2) is 54.6 Å². The van der Waals surface area contributed by atoms with Gasteiger partial charge in [-0.3, -0.25) is 0 Å². The summed E-state index contributed by atoms with van der Waals surface area (Å²) in [7, 11) is 0. The Morgan fingerprint density at radius 1 is 0.842 bits per heavy atom. The first-order chi connectivity index (χ1) is 17.6. The molecule has 0 radical (unpaired) electrons. The minimum absolute atomic E-state index is 0.0754. The summed E-state index contributed by atoms with van der Waals surface area (Å²) in [5.41, 5.74) is -0.110. The zero-order valence-corrected chi connectivity index (χ0v) is 20.9. The largest absolute Gasteiger partial charge is 0.416 e. The first-order valence-electron chi connectivity index (χ1n) is 11.9. The van der Waals surface area contributed by atoms with E-state index in [0.717, 1.165) is 16.8 Å².